The molecular formula is C28H39N3O3. The van der Waals surface area contributed by atoms with E-state index in [1.807, 2.05) is 18.2 Å². The molecule has 4 aliphatic rings. The number of nitrogens with zero attached hydrogens (tertiary/aromatic N) is 2. The minimum absolute atomic E-state index is 0.0675. The second-order valence-corrected chi connectivity index (χ2v) is 11.7. The average Bonchev–Trinajstić information content (AvgIpc) is 3.07. The van der Waals surface area contributed by atoms with Crippen molar-refractivity contribution in [1.82, 2.24) is 10.3 Å². The molecule has 3 fully saturated rings. The summed E-state index contributed by atoms with van der Waals surface area (Å²) < 4.78 is 0. The van der Waals surface area contributed by atoms with E-state index in [1.165, 1.54) is 24.8 Å². The van der Waals surface area contributed by atoms with Gasteiger partial charge in [-0.3, -0.25) is 9.78 Å². The van der Waals surface area contributed by atoms with Crippen LogP contribution in [0.1, 0.15) is 77.8 Å². The number of carbonyl (C=O) groups excluding carboxylic acids is 1. The monoisotopic (exact) mass is 465 g/mol. The van der Waals surface area contributed by atoms with Crippen molar-refractivity contribution in [2.24, 2.45) is 33.7 Å². The molecule has 184 valence electrons. The molecule has 6 nitrogen and oxygen atoms in total. The summed E-state index contributed by atoms with van der Waals surface area (Å²) in [7, 11) is 0. The summed E-state index contributed by atoms with van der Waals surface area (Å²) in [5, 5.41) is 18.2. The summed E-state index contributed by atoms with van der Waals surface area (Å²) in [5.74, 6) is 1.86. The highest BCUT2D eigenvalue weighted by Crippen LogP contribution is 2.67. The van der Waals surface area contributed by atoms with Gasteiger partial charge < -0.3 is 15.3 Å². The van der Waals surface area contributed by atoms with E-state index in [0.717, 1.165) is 43.5 Å². The first-order valence-electron chi connectivity index (χ1n) is 13.0. The fourth-order valence-electron chi connectivity index (χ4n) is 7.80. The van der Waals surface area contributed by atoms with E-state index < -0.39 is 5.60 Å². The van der Waals surface area contributed by atoms with E-state index >= 15 is 0 Å². The van der Waals surface area contributed by atoms with E-state index in [-0.39, 0.29) is 23.3 Å². The standard InChI is InChI=1S/C28H39N3O3/c1-26-12-9-20(31-34-18-25(32)30-17-21-6-4-5-15-29-21)16-19(26)7-8-22-23(26)10-13-27(2)24(22)11-14-28(27,3)33/h4-6,15-16,22-24,33H,7-14,17-18H2,1-3H3,(H,30,32). The first-order chi connectivity index (χ1) is 16.2. The molecule has 0 bridgehead atoms. The number of carbonyl (C=O) groups is 1. The van der Waals surface area contributed by atoms with Crippen LogP contribution in [0.3, 0.4) is 0 Å². The minimum Gasteiger partial charge on any atom is -0.390 e. The smallest absolute Gasteiger partial charge is 0.261 e. The van der Waals surface area contributed by atoms with Crippen molar-refractivity contribution in [1.29, 1.82) is 0 Å². The van der Waals surface area contributed by atoms with Gasteiger partial charge in [0.15, 0.2) is 6.61 Å². The van der Waals surface area contributed by atoms with Gasteiger partial charge in [0.1, 0.15) is 0 Å². The van der Waals surface area contributed by atoms with E-state index in [1.54, 1.807) is 6.20 Å². The number of aliphatic hydroxyl groups is 1. The average molecular weight is 466 g/mol. The number of fused-ring (bicyclic) bond motifs is 5. The van der Waals surface area contributed by atoms with Gasteiger partial charge in [-0.25, -0.2) is 0 Å². The van der Waals surface area contributed by atoms with Crippen LogP contribution in [0, 0.1) is 28.6 Å². The third kappa shape index (κ3) is 3.98. The number of oxime groups is 1. The van der Waals surface area contributed by atoms with E-state index in [2.05, 4.69) is 42.3 Å². The maximum atomic E-state index is 12.1. The highest BCUT2D eigenvalue weighted by Gasteiger charge is 2.62. The molecule has 6 heteroatoms. The molecule has 1 heterocycles. The number of aromatic nitrogens is 1. The summed E-state index contributed by atoms with van der Waals surface area (Å²) in [4.78, 5) is 21.7. The van der Waals surface area contributed by atoms with Crippen molar-refractivity contribution in [3.63, 3.8) is 0 Å². The van der Waals surface area contributed by atoms with E-state index in [0.29, 0.717) is 24.3 Å². The number of amides is 1. The Hall–Kier alpha value is -2.21. The van der Waals surface area contributed by atoms with Gasteiger partial charge in [-0.2, -0.15) is 0 Å². The summed E-state index contributed by atoms with van der Waals surface area (Å²) >= 11 is 0. The van der Waals surface area contributed by atoms with Gasteiger partial charge in [-0.05, 0) is 105 Å². The number of rotatable bonds is 5. The van der Waals surface area contributed by atoms with Gasteiger partial charge in [-0.15, -0.1) is 0 Å². The van der Waals surface area contributed by atoms with Crippen LogP contribution in [0.5, 0.6) is 0 Å². The Kier molecular flexibility index (Phi) is 6.07. The second kappa shape index (κ2) is 8.78. The summed E-state index contributed by atoms with van der Waals surface area (Å²) in [5.41, 5.74) is 3.05. The van der Waals surface area contributed by atoms with Crippen LogP contribution < -0.4 is 5.32 Å². The fourth-order valence-corrected chi connectivity index (χ4v) is 7.80. The zero-order chi connectivity index (χ0) is 24.0. The molecule has 34 heavy (non-hydrogen) atoms. The van der Waals surface area contributed by atoms with Gasteiger partial charge in [0, 0.05) is 6.20 Å². The van der Waals surface area contributed by atoms with Crippen LogP contribution in [-0.2, 0) is 16.2 Å². The minimum atomic E-state index is -0.521. The van der Waals surface area contributed by atoms with E-state index in [4.69, 9.17) is 4.84 Å². The van der Waals surface area contributed by atoms with Crippen molar-refractivity contribution in [3.05, 3.63) is 41.7 Å². The third-order valence-electron chi connectivity index (χ3n) is 10.1. The number of hydrogen-bond acceptors (Lipinski definition) is 5. The van der Waals surface area contributed by atoms with Crippen molar-refractivity contribution >= 4 is 11.6 Å². The summed E-state index contributed by atoms with van der Waals surface area (Å²) in [6, 6.07) is 5.63. The Morgan fingerprint density at radius 1 is 1.15 bits per heavy atom. The largest absolute Gasteiger partial charge is 0.390 e. The number of hydrogen-bond donors (Lipinski definition) is 2. The first kappa shape index (κ1) is 23.5. The molecule has 0 spiro atoms. The molecule has 0 radical (unpaired) electrons. The van der Waals surface area contributed by atoms with Crippen LogP contribution in [-0.4, -0.2) is 33.9 Å². The molecule has 1 aromatic rings. The van der Waals surface area contributed by atoms with Gasteiger partial charge in [0.25, 0.3) is 5.91 Å². The van der Waals surface area contributed by atoms with Crippen molar-refractivity contribution in [3.8, 4) is 0 Å². The quantitative estimate of drug-likeness (QED) is 0.613. The number of nitrogens with one attached hydrogen (secondary N) is 1. The molecule has 5 rings (SSSR count). The zero-order valence-corrected chi connectivity index (χ0v) is 20.8. The molecule has 1 amide bonds. The summed E-state index contributed by atoms with van der Waals surface area (Å²) in [6.45, 7) is 7.20. The van der Waals surface area contributed by atoms with Crippen LogP contribution in [0.15, 0.2) is 41.2 Å². The number of pyridine rings is 1. The Balaban J connectivity index is 1.20. The topological polar surface area (TPSA) is 83.8 Å². The lowest BCUT2D eigenvalue weighted by molar-refractivity contribution is -0.125. The summed E-state index contributed by atoms with van der Waals surface area (Å²) in [6.07, 6.45) is 12.7. The highest BCUT2D eigenvalue weighted by molar-refractivity contribution is 5.96. The highest BCUT2D eigenvalue weighted by atomic mass is 16.6. The zero-order valence-electron chi connectivity index (χ0n) is 20.8. The van der Waals surface area contributed by atoms with Gasteiger partial charge >= 0.3 is 0 Å². The van der Waals surface area contributed by atoms with E-state index in [9.17, 15) is 9.90 Å². The van der Waals surface area contributed by atoms with Gasteiger partial charge in [0.2, 0.25) is 0 Å². The molecule has 6 atom stereocenters. The molecule has 1 aromatic heterocycles. The molecule has 0 saturated heterocycles. The van der Waals surface area contributed by atoms with Gasteiger partial charge in [0.05, 0.1) is 23.6 Å². The lowest BCUT2D eigenvalue weighted by Gasteiger charge is -2.59. The third-order valence-corrected chi connectivity index (χ3v) is 10.1. The van der Waals surface area contributed by atoms with Crippen LogP contribution in [0.25, 0.3) is 0 Å². The Bertz CT molecular complexity index is 988. The molecule has 3 saturated carbocycles. The van der Waals surface area contributed by atoms with Gasteiger partial charge in [-0.1, -0.05) is 30.6 Å². The lowest BCUT2D eigenvalue weighted by Crippen LogP contribution is -2.53. The molecule has 0 aromatic carbocycles. The predicted octanol–water partition coefficient (Wildman–Crippen LogP) is 4.78. The SMILES string of the molecule is CC12CCC(=NOCC(=O)NCc3ccccn3)C=C1CCC1C2CCC2(C)C1CCC2(C)O. The molecular weight excluding hydrogens is 426 g/mol. The Morgan fingerprint density at radius 2 is 1.97 bits per heavy atom. The maximum Gasteiger partial charge on any atom is 0.261 e. The Morgan fingerprint density at radius 3 is 2.76 bits per heavy atom. The predicted molar refractivity (Wildman–Crippen MR) is 132 cm³/mol. The van der Waals surface area contributed by atoms with Crippen molar-refractivity contribution < 1.29 is 14.7 Å². The van der Waals surface area contributed by atoms with Crippen molar-refractivity contribution in [2.75, 3.05) is 6.61 Å². The molecule has 4 aliphatic carbocycles. The second-order valence-electron chi connectivity index (χ2n) is 11.7. The van der Waals surface area contributed by atoms with Crippen molar-refractivity contribution in [2.45, 2.75) is 84.3 Å². The lowest BCUT2D eigenvalue weighted by atomic mass is 9.46. The van der Waals surface area contributed by atoms with Crippen LogP contribution in [0.2, 0.25) is 0 Å². The molecule has 0 aliphatic heterocycles. The maximum absolute atomic E-state index is 12.1. The first-order valence-corrected chi connectivity index (χ1v) is 13.0. The number of allylic oxidation sites excluding steroid dienone is 2. The molecule has 6 unspecified atom stereocenters. The van der Waals surface area contributed by atoms with Crippen LogP contribution >= 0.6 is 0 Å². The van der Waals surface area contributed by atoms with Crippen LogP contribution in [0.4, 0.5) is 0 Å². The normalized spacial score (nSPS) is 40.1. The molecule has 2 N–H and O–H groups in total. The Labute approximate surface area is 203 Å². The fraction of sp³-hybridized carbons (Fsp3) is 0.679.